The third kappa shape index (κ3) is 14.2. The van der Waals surface area contributed by atoms with Crippen molar-refractivity contribution in [2.24, 2.45) is 11.8 Å². The van der Waals surface area contributed by atoms with Gasteiger partial charge < -0.3 is 9.47 Å². The second-order valence-corrected chi connectivity index (χ2v) is 15.5. The number of hydrogen-bond acceptors (Lipinski definition) is 4. The molecule has 4 heteroatoms. The molecule has 0 amide bonds. The molecule has 290 valence electrons. The van der Waals surface area contributed by atoms with Crippen LogP contribution in [-0.4, -0.2) is 23.2 Å². The summed E-state index contributed by atoms with van der Waals surface area (Å²) < 4.78 is 11.3. The van der Waals surface area contributed by atoms with Crippen molar-refractivity contribution in [3.8, 4) is 35.2 Å². The Morgan fingerprint density at radius 3 is 1.25 bits per heavy atom. The summed E-state index contributed by atoms with van der Waals surface area (Å²) in [6, 6.07) is 25.4. The average molecular weight is 737 g/mol. The van der Waals surface area contributed by atoms with Gasteiger partial charge >= 0.3 is 0 Å². The standard InChI is InChI=1S/C26H33NO.C25H31NO/c1-3-5-6-19-28-26-18-17-25(27-20-26)16-11-22-9-14-24(15-10-22)23-12-7-21(4-2)8-13-23;1-3-5-18-27-25-17-16-24(26-19-25)15-10-21-8-13-23(14-9-21)22-11-6-20(4-2)7-12-22/h9-10,14-15,17-18,20-21,23H,3-8,12-13,19H2,1-2H3;8-9,13-14,16-17,19-20,22H,3-7,11-12,18H2,1-2H3. The number of nitrogens with zero attached hydrogens (tertiary/aromatic N) is 2. The summed E-state index contributed by atoms with van der Waals surface area (Å²) in [5.74, 6) is 17.8. The highest BCUT2D eigenvalue weighted by atomic mass is 16.5. The van der Waals surface area contributed by atoms with E-state index in [2.05, 4.69) is 110 Å². The minimum Gasteiger partial charge on any atom is -0.492 e. The largest absolute Gasteiger partial charge is 0.492 e. The predicted octanol–water partition coefficient (Wildman–Crippen LogP) is 13.1. The van der Waals surface area contributed by atoms with Crippen LogP contribution in [0, 0.1) is 35.5 Å². The molecule has 55 heavy (non-hydrogen) atoms. The molecule has 0 saturated heterocycles. The molecule has 2 aromatic heterocycles. The fourth-order valence-corrected chi connectivity index (χ4v) is 7.71. The molecule has 2 aliphatic carbocycles. The Labute approximate surface area is 333 Å². The van der Waals surface area contributed by atoms with E-state index < -0.39 is 0 Å². The lowest BCUT2D eigenvalue weighted by molar-refractivity contribution is 0.305. The summed E-state index contributed by atoms with van der Waals surface area (Å²) in [5, 5.41) is 0. The fourth-order valence-electron chi connectivity index (χ4n) is 7.71. The lowest BCUT2D eigenvalue weighted by Gasteiger charge is -2.28. The molecule has 0 radical (unpaired) electrons. The summed E-state index contributed by atoms with van der Waals surface area (Å²) in [5.41, 5.74) is 6.60. The molecule has 0 atom stereocenters. The van der Waals surface area contributed by atoms with E-state index in [4.69, 9.17) is 9.47 Å². The van der Waals surface area contributed by atoms with E-state index in [1.54, 1.807) is 12.4 Å². The van der Waals surface area contributed by atoms with Gasteiger partial charge in [-0.3, -0.25) is 0 Å². The number of aromatic nitrogens is 2. The first-order valence-electron chi connectivity index (χ1n) is 21.5. The quantitative estimate of drug-likeness (QED) is 0.101. The first-order valence-corrected chi connectivity index (χ1v) is 21.5. The molecular formula is C51H64N2O2. The maximum atomic E-state index is 5.70. The second-order valence-electron chi connectivity index (χ2n) is 15.5. The van der Waals surface area contributed by atoms with Gasteiger partial charge in [-0.15, -0.1) is 0 Å². The monoisotopic (exact) mass is 736 g/mol. The van der Waals surface area contributed by atoms with Crippen LogP contribution in [0.15, 0.2) is 85.2 Å². The first kappa shape index (κ1) is 41.6. The zero-order valence-electron chi connectivity index (χ0n) is 34.1. The molecule has 2 aliphatic rings. The smallest absolute Gasteiger partial charge is 0.137 e. The summed E-state index contributed by atoms with van der Waals surface area (Å²) in [7, 11) is 0. The minimum atomic E-state index is 0.733. The maximum absolute atomic E-state index is 5.70. The molecule has 0 aliphatic heterocycles. The third-order valence-electron chi connectivity index (χ3n) is 11.5. The number of rotatable bonds is 13. The van der Waals surface area contributed by atoms with Crippen molar-refractivity contribution in [1.29, 1.82) is 0 Å². The summed E-state index contributed by atoms with van der Waals surface area (Å²) in [6.45, 7) is 10.5. The summed E-state index contributed by atoms with van der Waals surface area (Å²) >= 11 is 0. The lowest BCUT2D eigenvalue weighted by Crippen LogP contribution is -2.12. The van der Waals surface area contributed by atoms with Crippen LogP contribution in [0.1, 0.15) is 169 Å². The van der Waals surface area contributed by atoms with E-state index in [1.165, 1.54) is 88.2 Å². The van der Waals surface area contributed by atoms with Crippen LogP contribution in [0.25, 0.3) is 0 Å². The highest BCUT2D eigenvalue weighted by Gasteiger charge is 2.22. The number of benzene rings is 2. The van der Waals surface area contributed by atoms with Gasteiger partial charge in [0, 0.05) is 11.1 Å². The molecular weight excluding hydrogens is 673 g/mol. The molecule has 2 heterocycles. The Balaban J connectivity index is 0.000000211. The maximum Gasteiger partial charge on any atom is 0.137 e. The predicted molar refractivity (Wildman–Crippen MR) is 229 cm³/mol. The Morgan fingerprint density at radius 2 is 0.891 bits per heavy atom. The van der Waals surface area contributed by atoms with E-state index in [0.29, 0.717) is 0 Å². The highest BCUT2D eigenvalue weighted by Crippen LogP contribution is 2.38. The molecule has 6 rings (SSSR count). The van der Waals surface area contributed by atoms with Crippen LogP contribution < -0.4 is 9.47 Å². The van der Waals surface area contributed by atoms with Crippen molar-refractivity contribution in [2.45, 2.75) is 136 Å². The molecule has 2 aromatic carbocycles. The SMILES string of the molecule is CCCCCOc1ccc(C#Cc2ccc(C3CCC(CC)CC3)cc2)nc1.CCCCOc1ccc(C#Cc2ccc(C3CCC(CC)CC3)cc2)nc1. The molecule has 2 saturated carbocycles. The average Bonchev–Trinajstić information content (AvgIpc) is 3.25. The highest BCUT2D eigenvalue weighted by molar-refractivity contribution is 5.43. The number of hydrogen-bond donors (Lipinski definition) is 0. The minimum absolute atomic E-state index is 0.733. The van der Waals surface area contributed by atoms with Crippen LogP contribution in [-0.2, 0) is 0 Å². The van der Waals surface area contributed by atoms with Gasteiger partial charge in [0.2, 0.25) is 0 Å². The molecule has 0 spiro atoms. The van der Waals surface area contributed by atoms with Crippen molar-refractivity contribution in [2.75, 3.05) is 13.2 Å². The van der Waals surface area contributed by atoms with Crippen molar-refractivity contribution in [3.05, 3.63) is 119 Å². The van der Waals surface area contributed by atoms with E-state index in [9.17, 15) is 0 Å². The molecule has 0 N–H and O–H groups in total. The lowest BCUT2D eigenvalue weighted by atomic mass is 9.78. The van der Waals surface area contributed by atoms with E-state index in [1.807, 2.05) is 24.3 Å². The first-order chi connectivity index (χ1) is 27.1. The number of pyridine rings is 2. The summed E-state index contributed by atoms with van der Waals surface area (Å²) in [6.07, 6.45) is 22.8. The molecule has 4 nitrogen and oxygen atoms in total. The topological polar surface area (TPSA) is 44.2 Å². The van der Waals surface area contributed by atoms with Gasteiger partial charge in [0.25, 0.3) is 0 Å². The van der Waals surface area contributed by atoms with Crippen molar-refractivity contribution in [3.63, 3.8) is 0 Å². The Bertz CT molecular complexity index is 1770. The zero-order valence-corrected chi connectivity index (χ0v) is 34.1. The molecule has 0 unspecified atom stereocenters. The van der Waals surface area contributed by atoms with Crippen LogP contribution >= 0.6 is 0 Å². The second kappa shape index (κ2) is 23.4. The van der Waals surface area contributed by atoms with Gasteiger partial charge in [0.05, 0.1) is 25.6 Å². The number of unbranched alkanes of at least 4 members (excludes halogenated alkanes) is 3. The molecule has 4 aromatic rings. The van der Waals surface area contributed by atoms with Crippen molar-refractivity contribution < 1.29 is 9.47 Å². The van der Waals surface area contributed by atoms with Crippen LogP contribution in [0.2, 0.25) is 0 Å². The Kier molecular flexibility index (Phi) is 17.7. The van der Waals surface area contributed by atoms with Gasteiger partial charge in [-0.1, -0.05) is 95.9 Å². The Morgan fingerprint density at radius 1 is 0.473 bits per heavy atom. The van der Waals surface area contributed by atoms with Gasteiger partial charge in [-0.2, -0.15) is 0 Å². The Hall–Kier alpha value is -4.54. The summed E-state index contributed by atoms with van der Waals surface area (Å²) in [4.78, 5) is 8.78. The molecule has 2 fully saturated rings. The van der Waals surface area contributed by atoms with Crippen molar-refractivity contribution >= 4 is 0 Å². The van der Waals surface area contributed by atoms with E-state index in [-0.39, 0.29) is 0 Å². The normalized spacial score (nSPS) is 19.1. The van der Waals surface area contributed by atoms with Gasteiger partial charge in [-0.05, 0) is 159 Å². The third-order valence-corrected chi connectivity index (χ3v) is 11.5. The van der Waals surface area contributed by atoms with Crippen molar-refractivity contribution in [1.82, 2.24) is 9.97 Å². The van der Waals surface area contributed by atoms with Gasteiger partial charge in [0.1, 0.15) is 22.9 Å². The van der Waals surface area contributed by atoms with Crippen LogP contribution in [0.5, 0.6) is 11.5 Å². The number of ether oxygens (including phenoxy) is 2. The zero-order chi connectivity index (χ0) is 38.5. The van der Waals surface area contributed by atoms with Gasteiger partial charge in [-0.25, -0.2) is 9.97 Å². The van der Waals surface area contributed by atoms with Crippen LogP contribution in [0.4, 0.5) is 0 Å². The van der Waals surface area contributed by atoms with E-state index >= 15 is 0 Å². The molecule has 0 bridgehead atoms. The van der Waals surface area contributed by atoms with Gasteiger partial charge in [0.15, 0.2) is 0 Å². The van der Waals surface area contributed by atoms with E-state index in [0.717, 1.165) is 90.2 Å². The van der Waals surface area contributed by atoms with Crippen LogP contribution in [0.3, 0.4) is 0 Å². The fraction of sp³-hybridized carbons (Fsp3) is 0.490.